The van der Waals surface area contributed by atoms with Crippen molar-refractivity contribution in [2.45, 2.75) is 0 Å². The van der Waals surface area contributed by atoms with E-state index in [1.54, 1.807) is 24.3 Å². The summed E-state index contributed by atoms with van der Waals surface area (Å²) in [6, 6.07) is 6.84. The van der Waals surface area contributed by atoms with Gasteiger partial charge in [0.25, 0.3) is 0 Å². The van der Waals surface area contributed by atoms with Gasteiger partial charge in [0.2, 0.25) is 0 Å². The van der Waals surface area contributed by atoms with Crippen LogP contribution >= 0.6 is 0 Å². The number of methoxy groups -OCH3 is 1. The zero-order valence-corrected chi connectivity index (χ0v) is 12.1. The molecule has 0 fully saturated rings. The molecule has 0 unspecified atom stereocenters. The summed E-state index contributed by atoms with van der Waals surface area (Å²) >= 11 is 0. The topological polar surface area (TPSA) is 114 Å². The lowest BCUT2D eigenvalue weighted by Crippen LogP contribution is -2.09. The van der Waals surface area contributed by atoms with Crippen molar-refractivity contribution >= 4 is 12.0 Å². The second kappa shape index (κ2) is 10.2. The Labute approximate surface area is 127 Å². The van der Waals surface area contributed by atoms with E-state index >= 15 is 0 Å². The van der Waals surface area contributed by atoms with Crippen LogP contribution in [0.1, 0.15) is 5.56 Å². The van der Waals surface area contributed by atoms with Crippen molar-refractivity contribution in [3.8, 4) is 5.75 Å². The molecule has 1 rings (SSSR count). The number of ether oxygens (including phenoxy) is 3. The van der Waals surface area contributed by atoms with E-state index in [4.69, 9.17) is 20.1 Å². The highest BCUT2D eigenvalue weighted by Gasteiger charge is 2.07. The average Bonchev–Trinajstić information content (AvgIpc) is 2.55. The maximum absolute atomic E-state index is 11.4. The smallest absolute Gasteiger partial charge is 0.340 e. The first kappa shape index (κ1) is 17.5. The predicted octanol–water partition coefficient (Wildman–Crippen LogP) is 1.90. The standard InChI is InChI=1S/C14H17N3O5/c1-20-14(19)13(16-17-15)10-11-2-4-12(5-3-11)22-9-8-21-7-6-18/h2-5,10,18H,6-9H2,1H3. The Morgan fingerprint density at radius 2 is 2.05 bits per heavy atom. The van der Waals surface area contributed by atoms with E-state index in [0.717, 1.165) is 0 Å². The third-order valence-corrected chi connectivity index (χ3v) is 2.46. The second-order valence-corrected chi connectivity index (χ2v) is 3.96. The SMILES string of the molecule is COC(=O)C(=Cc1ccc(OCCOCCO)cc1)N=[N+]=[N-]. The maximum Gasteiger partial charge on any atom is 0.340 e. The minimum absolute atomic E-state index is 0.0191. The van der Waals surface area contributed by atoms with Crippen LogP contribution in [0.5, 0.6) is 5.75 Å². The van der Waals surface area contributed by atoms with E-state index in [1.165, 1.54) is 13.2 Å². The molecule has 1 aromatic rings. The van der Waals surface area contributed by atoms with Crippen molar-refractivity contribution in [3.63, 3.8) is 0 Å². The summed E-state index contributed by atoms with van der Waals surface area (Å²) < 4.78 is 15.0. The predicted molar refractivity (Wildman–Crippen MR) is 79.0 cm³/mol. The molecule has 0 saturated heterocycles. The molecule has 0 atom stereocenters. The molecule has 0 aliphatic heterocycles. The van der Waals surface area contributed by atoms with Gasteiger partial charge in [-0.3, -0.25) is 0 Å². The number of azide groups is 1. The minimum Gasteiger partial charge on any atom is -0.491 e. The lowest BCUT2D eigenvalue weighted by Gasteiger charge is -2.06. The molecule has 1 N–H and O–H groups in total. The molecular weight excluding hydrogens is 290 g/mol. The van der Waals surface area contributed by atoms with Crippen LogP contribution in [-0.4, -0.2) is 44.6 Å². The van der Waals surface area contributed by atoms with Crippen LogP contribution in [-0.2, 0) is 14.3 Å². The second-order valence-electron chi connectivity index (χ2n) is 3.96. The largest absolute Gasteiger partial charge is 0.491 e. The van der Waals surface area contributed by atoms with Gasteiger partial charge in [-0.2, -0.15) is 0 Å². The van der Waals surface area contributed by atoms with E-state index < -0.39 is 5.97 Å². The van der Waals surface area contributed by atoms with Gasteiger partial charge in [0, 0.05) is 4.91 Å². The molecule has 0 aliphatic rings. The normalized spacial score (nSPS) is 10.7. The zero-order chi connectivity index (χ0) is 16.2. The van der Waals surface area contributed by atoms with Crippen molar-refractivity contribution in [1.82, 2.24) is 0 Å². The van der Waals surface area contributed by atoms with Crippen molar-refractivity contribution in [2.75, 3.05) is 33.5 Å². The first-order chi connectivity index (χ1) is 10.7. The van der Waals surface area contributed by atoms with Gasteiger partial charge in [-0.15, -0.1) is 0 Å². The Bertz CT molecular complexity index is 550. The van der Waals surface area contributed by atoms with Crippen LogP contribution in [0.3, 0.4) is 0 Å². The molecule has 22 heavy (non-hydrogen) atoms. The van der Waals surface area contributed by atoms with Crippen molar-refractivity contribution < 1.29 is 24.1 Å². The van der Waals surface area contributed by atoms with Gasteiger partial charge in [-0.05, 0) is 29.3 Å². The highest BCUT2D eigenvalue weighted by molar-refractivity contribution is 5.93. The van der Waals surface area contributed by atoms with Gasteiger partial charge in [0.15, 0.2) is 0 Å². The first-order valence-electron chi connectivity index (χ1n) is 6.48. The molecule has 0 aliphatic carbocycles. The average molecular weight is 307 g/mol. The number of hydrogen-bond donors (Lipinski definition) is 1. The quantitative estimate of drug-likeness (QED) is 0.187. The summed E-state index contributed by atoms with van der Waals surface area (Å²) in [7, 11) is 1.21. The fraction of sp³-hybridized carbons (Fsp3) is 0.357. The number of carbonyl (C=O) groups excluding carboxylic acids is 1. The Hall–Kier alpha value is -2.54. The summed E-state index contributed by atoms with van der Waals surface area (Å²) in [6.07, 6.45) is 1.42. The third kappa shape index (κ3) is 6.27. The van der Waals surface area contributed by atoms with E-state index in [1.807, 2.05) is 0 Å². The van der Waals surface area contributed by atoms with Crippen LogP contribution in [0.4, 0.5) is 0 Å². The third-order valence-electron chi connectivity index (χ3n) is 2.46. The van der Waals surface area contributed by atoms with E-state index in [-0.39, 0.29) is 18.9 Å². The monoisotopic (exact) mass is 307 g/mol. The molecule has 0 heterocycles. The van der Waals surface area contributed by atoms with Crippen LogP contribution in [0, 0.1) is 0 Å². The van der Waals surface area contributed by atoms with Gasteiger partial charge >= 0.3 is 5.97 Å². The zero-order valence-electron chi connectivity index (χ0n) is 12.1. The number of benzene rings is 1. The van der Waals surface area contributed by atoms with Crippen molar-refractivity contribution in [2.24, 2.45) is 5.11 Å². The lowest BCUT2D eigenvalue weighted by atomic mass is 10.2. The van der Waals surface area contributed by atoms with Crippen LogP contribution in [0.2, 0.25) is 0 Å². The fourth-order valence-corrected chi connectivity index (χ4v) is 1.48. The Kier molecular flexibility index (Phi) is 8.14. The summed E-state index contributed by atoms with van der Waals surface area (Å²) in [5.74, 6) is -0.0766. The molecule has 0 bridgehead atoms. The van der Waals surface area contributed by atoms with Gasteiger partial charge in [-0.1, -0.05) is 17.2 Å². The number of hydrogen-bond acceptors (Lipinski definition) is 6. The number of esters is 1. The molecule has 8 nitrogen and oxygen atoms in total. The van der Waals surface area contributed by atoms with Crippen LogP contribution in [0.25, 0.3) is 16.5 Å². The molecule has 1 aromatic carbocycles. The molecular formula is C14H17N3O5. The molecule has 0 spiro atoms. The number of carbonyl (C=O) groups is 1. The number of aliphatic hydroxyl groups is 1. The van der Waals surface area contributed by atoms with Crippen LogP contribution < -0.4 is 4.74 Å². The van der Waals surface area contributed by atoms with Gasteiger partial charge in [0.1, 0.15) is 18.1 Å². The molecule has 0 radical (unpaired) electrons. The minimum atomic E-state index is -0.709. The highest BCUT2D eigenvalue weighted by atomic mass is 16.5. The number of rotatable bonds is 9. The molecule has 0 amide bonds. The van der Waals surface area contributed by atoms with E-state index in [9.17, 15) is 4.79 Å². The summed E-state index contributed by atoms with van der Waals surface area (Å²) in [6.45, 7) is 1.00. The van der Waals surface area contributed by atoms with Crippen molar-refractivity contribution in [3.05, 3.63) is 46.0 Å². The summed E-state index contributed by atoms with van der Waals surface area (Å²) in [5.41, 5.74) is 8.96. The number of aliphatic hydroxyl groups excluding tert-OH is 1. The van der Waals surface area contributed by atoms with Crippen LogP contribution in [0.15, 0.2) is 35.1 Å². The van der Waals surface area contributed by atoms with E-state index in [2.05, 4.69) is 14.8 Å². The molecule has 0 aromatic heterocycles. The Balaban J connectivity index is 2.63. The van der Waals surface area contributed by atoms with E-state index in [0.29, 0.717) is 24.5 Å². The Morgan fingerprint density at radius 3 is 2.64 bits per heavy atom. The highest BCUT2D eigenvalue weighted by Crippen LogP contribution is 2.15. The lowest BCUT2D eigenvalue weighted by molar-refractivity contribution is -0.136. The summed E-state index contributed by atoms with van der Waals surface area (Å²) in [4.78, 5) is 14.0. The molecule has 8 heteroatoms. The number of nitrogens with zero attached hydrogens (tertiary/aromatic N) is 3. The summed E-state index contributed by atoms with van der Waals surface area (Å²) in [5, 5.41) is 11.8. The van der Waals surface area contributed by atoms with Gasteiger partial charge < -0.3 is 19.3 Å². The van der Waals surface area contributed by atoms with Gasteiger partial charge in [0.05, 0.1) is 26.9 Å². The van der Waals surface area contributed by atoms with Gasteiger partial charge in [-0.25, -0.2) is 4.79 Å². The molecule has 0 saturated carbocycles. The fourth-order valence-electron chi connectivity index (χ4n) is 1.48. The Morgan fingerprint density at radius 1 is 1.32 bits per heavy atom. The molecule has 118 valence electrons. The van der Waals surface area contributed by atoms with Crippen molar-refractivity contribution in [1.29, 1.82) is 0 Å². The first-order valence-corrected chi connectivity index (χ1v) is 6.48. The maximum atomic E-state index is 11.4.